The second-order valence-corrected chi connectivity index (χ2v) is 5.89. The first-order chi connectivity index (χ1) is 10.7. The van der Waals surface area contributed by atoms with Crippen LogP contribution in [0, 0.1) is 0 Å². The summed E-state index contributed by atoms with van der Waals surface area (Å²) in [6, 6.07) is 6.19. The average Bonchev–Trinajstić information content (AvgIpc) is 3.26. The van der Waals surface area contributed by atoms with Gasteiger partial charge in [0.25, 0.3) is 5.56 Å². The third kappa shape index (κ3) is 1.96. The minimum absolute atomic E-state index is 0.0869. The molecule has 1 aliphatic carbocycles. The molecule has 5 heteroatoms. The van der Waals surface area contributed by atoms with Gasteiger partial charge in [-0.2, -0.15) is 5.10 Å². The van der Waals surface area contributed by atoms with Gasteiger partial charge in [-0.3, -0.25) is 14.0 Å². The Hall–Kier alpha value is -2.43. The van der Waals surface area contributed by atoms with E-state index in [0.717, 1.165) is 41.7 Å². The summed E-state index contributed by atoms with van der Waals surface area (Å²) in [4.78, 5) is 17.8. The smallest absolute Gasteiger partial charge is 0.262 e. The Morgan fingerprint density at radius 2 is 2.14 bits per heavy atom. The van der Waals surface area contributed by atoms with Crippen molar-refractivity contribution in [1.29, 1.82) is 0 Å². The fourth-order valence-electron chi connectivity index (χ4n) is 3.05. The molecule has 3 aromatic rings. The standard InChI is InChI=1S/C17H18N4O/c1-3-15-19-14-6-4-5-13(11-9-18-20(2)10-11)16(14)17(22)21(15)12-7-8-12/h4-6,9-10,12H,3,7-8H2,1-2H3. The Bertz CT molecular complexity index is 918. The highest BCUT2D eigenvalue weighted by atomic mass is 16.1. The quantitative estimate of drug-likeness (QED) is 0.746. The maximum absolute atomic E-state index is 13.1. The van der Waals surface area contributed by atoms with E-state index in [1.165, 1.54) is 0 Å². The lowest BCUT2D eigenvalue weighted by atomic mass is 10.0. The summed E-state index contributed by atoms with van der Waals surface area (Å²) in [5.74, 6) is 0.892. The second kappa shape index (κ2) is 4.80. The number of fused-ring (bicyclic) bond motifs is 1. The Kier molecular flexibility index (Phi) is 2.89. The van der Waals surface area contributed by atoms with Gasteiger partial charge < -0.3 is 0 Å². The molecule has 0 unspecified atom stereocenters. The zero-order valence-corrected chi connectivity index (χ0v) is 12.8. The molecule has 0 radical (unpaired) electrons. The van der Waals surface area contributed by atoms with E-state index in [1.807, 2.05) is 36.0 Å². The zero-order valence-electron chi connectivity index (χ0n) is 12.8. The van der Waals surface area contributed by atoms with Gasteiger partial charge in [-0.05, 0) is 24.5 Å². The Morgan fingerprint density at radius 3 is 2.77 bits per heavy atom. The van der Waals surface area contributed by atoms with Crippen molar-refractivity contribution in [2.45, 2.75) is 32.2 Å². The highest BCUT2D eigenvalue weighted by Crippen LogP contribution is 2.35. The number of nitrogens with zero attached hydrogens (tertiary/aromatic N) is 4. The van der Waals surface area contributed by atoms with Crippen LogP contribution in [0.1, 0.15) is 31.6 Å². The van der Waals surface area contributed by atoms with Crippen LogP contribution in [0.25, 0.3) is 22.0 Å². The van der Waals surface area contributed by atoms with Crippen LogP contribution in [0.5, 0.6) is 0 Å². The predicted octanol–water partition coefficient (Wildman–Crippen LogP) is 2.69. The molecule has 1 fully saturated rings. The molecule has 1 saturated carbocycles. The zero-order chi connectivity index (χ0) is 15.3. The van der Waals surface area contributed by atoms with Gasteiger partial charge in [0, 0.05) is 31.3 Å². The van der Waals surface area contributed by atoms with E-state index < -0.39 is 0 Å². The number of benzene rings is 1. The molecule has 22 heavy (non-hydrogen) atoms. The van der Waals surface area contributed by atoms with Gasteiger partial charge in [0.1, 0.15) is 5.82 Å². The van der Waals surface area contributed by atoms with E-state index >= 15 is 0 Å². The van der Waals surface area contributed by atoms with Gasteiger partial charge in [0.05, 0.1) is 17.1 Å². The van der Waals surface area contributed by atoms with Crippen molar-refractivity contribution in [3.63, 3.8) is 0 Å². The Balaban J connectivity index is 2.07. The SMILES string of the molecule is CCc1nc2cccc(-c3cnn(C)c3)c2c(=O)n1C1CC1. The monoisotopic (exact) mass is 294 g/mol. The molecule has 0 saturated heterocycles. The van der Waals surface area contributed by atoms with E-state index in [0.29, 0.717) is 11.4 Å². The van der Waals surface area contributed by atoms with Gasteiger partial charge in [-0.25, -0.2) is 4.98 Å². The summed E-state index contributed by atoms with van der Waals surface area (Å²) in [6.45, 7) is 2.05. The molecule has 0 atom stereocenters. The highest BCUT2D eigenvalue weighted by molar-refractivity contribution is 5.93. The average molecular weight is 294 g/mol. The number of hydrogen-bond acceptors (Lipinski definition) is 3. The third-order valence-electron chi connectivity index (χ3n) is 4.25. The lowest BCUT2D eigenvalue weighted by Crippen LogP contribution is -2.24. The van der Waals surface area contributed by atoms with Crippen LogP contribution in [0.3, 0.4) is 0 Å². The maximum Gasteiger partial charge on any atom is 0.262 e. The first-order valence-corrected chi connectivity index (χ1v) is 7.72. The van der Waals surface area contributed by atoms with Crippen LogP contribution in [0.15, 0.2) is 35.4 Å². The number of hydrogen-bond donors (Lipinski definition) is 0. The molecule has 0 N–H and O–H groups in total. The second-order valence-electron chi connectivity index (χ2n) is 5.89. The van der Waals surface area contributed by atoms with E-state index in [-0.39, 0.29) is 5.56 Å². The first kappa shape index (κ1) is 13.2. The van der Waals surface area contributed by atoms with Crippen LogP contribution in [0.2, 0.25) is 0 Å². The molecule has 0 bridgehead atoms. The molecule has 2 heterocycles. The summed E-state index contributed by atoms with van der Waals surface area (Å²) in [6.07, 6.45) is 6.66. The van der Waals surface area contributed by atoms with E-state index in [1.54, 1.807) is 10.9 Å². The van der Waals surface area contributed by atoms with Crippen molar-refractivity contribution in [2.75, 3.05) is 0 Å². The van der Waals surface area contributed by atoms with Gasteiger partial charge in [-0.15, -0.1) is 0 Å². The summed E-state index contributed by atoms with van der Waals surface area (Å²) in [5.41, 5.74) is 2.74. The number of rotatable bonds is 3. The molecular weight excluding hydrogens is 276 g/mol. The lowest BCUT2D eigenvalue weighted by molar-refractivity contribution is 0.646. The molecule has 0 aliphatic heterocycles. The number of aromatic nitrogens is 4. The summed E-state index contributed by atoms with van der Waals surface area (Å²) >= 11 is 0. The van der Waals surface area contributed by atoms with Crippen LogP contribution >= 0.6 is 0 Å². The van der Waals surface area contributed by atoms with Crippen molar-refractivity contribution in [1.82, 2.24) is 19.3 Å². The lowest BCUT2D eigenvalue weighted by Gasteiger charge is -2.13. The topological polar surface area (TPSA) is 52.7 Å². The van der Waals surface area contributed by atoms with E-state index in [4.69, 9.17) is 4.98 Å². The van der Waals surface area contributed by atoms with E-state index in [2.05, 4.69) is 12.0 Å². The molecular formula is C17H18N4O. The van der Waals surface area contributed by atoms with Gasteiger partial charge in [-0.1, -0.05) is 19.1 Å². The molecule has 2 aromatic heterocycles. The summed E-state index contributed by atoms with van der Waals surface area (Å²) in [7, 11) is 1.88. The fourth-order valence-corrected chi connectivity index (χ4v) is 3.05. The molecule has 4 rings (SSSR count). The predicted molar refractivity (Wildman–Crippen MR) is 85.9 cm³/mol. The van der Waals surface area contributed by atoms with Crippen LogP contribution < -0.4 is 5.56 Å². The molecule has 1 aliphatic rings. The maximum atomic E-state index is 13.1. The Morgan fingerprint density at radius 1 is 1.32 bits per heavy atom. The molecule has 112 valence electrons. The normalized spacial score (nSPS) is 14.6. The summed E-state index contributed by atoms with van der Waals surface area (Å²) < 4.78 is 3.66. The summed E-state index contributed by atoms with van der Waals surface area (Å²) in [5, 5.41) is 4.93. The van der Waals surface area contributed by atoms with Crippen LogP contribution in [-0.4, -0.2) is 19.3 Å². The van der Waals surface area contributed by atoms with E-state index in [9.17, 15) is 4.79 Å². The van der Waals surface area contributed by atoms with Crippen molar-refractivity contribution >= 4 is 10.9 Å². The van der Waals surface area contributed by atoms with Crippen molar-refractivity contribution < 1.29 is 0 Å². The minimum Gasteiger partial charge on any atom is -0.293 e. The largest absolute Gasteiger partial charge is 0.293 e. The minimum atomic E-state index is 0.0869. The van der Waals surface area contributed by atoms with Gasteiger partial charge >= 0.3 is 0 Å². The van der Waals surface area contributed by atoms with Crippen LogP contribution in [0.4, 0.5) is 0 Å². The van der Waals surface area contributed by atoms with Crippen molar-refractivity contribution in [2.24, 2.45) is 7.05 Å². The van der Waals surface area contributed by atoms with Crippen molar-refractivity contribution in [3.05, 3.63) is 46.8 Å². The third-order valence-corrected chi connectivity index (χ3v) is 4.25. The Labute approximate surface area is 128 Å². The highest BCUT2D eigenvalue weighted by Gasteiger charge is 2.28. The molecule has 1 aromatic carbocycles. The van der Waals surface area contributed by atoms with Gasteiger partial charge in [0.2, 0.25) is 0 Å². The molecule has 5 nitrogen and oxygen atoms in total. The first-order valence-electron chi connectivity index (χ1n) is 7.72. The fraction of sp³-hybridized carbons (Fsp3) is 0.353. The van der Waals surface area contributed by atoms with Gasteiger partial charge in [0.15, 0.2) is 0 Å². The number of aryl methyl sites for hydroxylation is 2. The molecule has 0 spiro atoms. The van der Waals surface area contributed by atoms with Crippen molar-refractivity contribution in [3.8, 4) is 11.1 Å². The van der Waals surface area contributed by atoms with Crippen LogP contribution in [-0.2, 0) is 13.5 Å². The molecule has 0 amide bonds.